The summed E-state index contributed by atoms with van der Waals surface area (Å²) in [4.78, 5) is 13.7. The molecule has 0 saturated carbocycles. The molecule has 0 amide bonds. The van der Waals surface area contributed by atoms with Crippen molar-refractivity contribution in [2.75, 3.05) is 27.2 Å². The van der Waals surface area contributed by atoms with E-state index in [4.69, 9.17) is 4.74 Å². The van der Waals surface area contributed by atoms with Crippen molar-refractivity contribution < 1.29 is 9.53 Å². The molecule has 0 bridgehead atoms. The summed E-state index contributed by atoms with van der Waals surface area (Å²) in [5.74, 6) is 0.867. The molecule has 1 aliphatic rings. The van der Waals surface area contributed by atoms with E-state index in [9.17, 15) is 4.79 Å². The monoisotopic (exact) mass is 385 g/mol. The van der Waals surface area contributed by atoms with Crippen LogP contribution in [0.5, 0.6) is 5.75 Å². The van der Waals surface area contributed by atoms with Gasteiger partial charge in [0, 0.05) is 6.54 Å². The summed E-state index contributed by atoms with van der Waals surface area (Å²) < 4.78 is 5.84. The maximum Gasteiger partial charge on any atom is 0.178 e. The van der Waals surface area contributed by atoms with E-state index in [0.717, 1.165) is 40.1 Å². The summed E-state index contributed by atoms with van der Waals surface area (Å²) in [7, 11) is 4.06. The van der Waals surface area contributed by atoms with Gasteiger partial charge in [0.05, 0.1) is 0 Å². The van der Waals surface area contributed by atoms with Crippen molar-refractivity contribution in [3.05, 3.63) is 102 Å². The van der Waals surface area contributed by atoms with E-state index in [-0.39, 0.29) is 5.78 Å². The second-order valence-corrected chi connectivity index (χ2v) is 7.14. The van der Waals surface area contributed by atoms with E-state index in [1.54, 1.807) is 12.2 Å². The first kappa shape index (κ1) is 20.6. The van der Waals surface area contributed by atoms with Crippen molar-refractivity contribution >= 4 is 16.9 Å². The van der Waals surface area contributed by atoms with Crippen LogP contribution < -0.4 is 4.74 Å². The van der Waals surface area contributed by atoms with Crippen LogP contribution >= 0.6 is 0 Å². The summed E-state index contributed by atoms with van der Waals surface area (Å²) in [6.45, 7) is 3.57. The Morgan fingerprint density at radius 3 is 2.14 bits per heavy atom. The molecule has 3 heteroatoms. The van der Waals surface area contributed by atoms with Gasteiger partial charge in [-0.1, -0.05) is 60.7 Å². The summed E-state index contributed by atoms with van der Waals surface area (Å²) in [6.07, 6.45) is 9.15. The van der Waals surface area contributed by atoms with Crippen molar-refractivity contribution in [3.8, 4) is 5.75 Å². The maximum absolute atomic E-state index is 11.6. The van der Waals surface area contributed by atoms with Crippen LogP contribution in [0.3, 0.4) is 0 Å². The summed E-state index contributed by atoms with van der Waals surface area (Å²) in [6, 6.07) is 18.5. The molecular formula is C26H27NO2. The topological polar surface area (TPSA) is 29.5 Å². The van der Waals surface area contributed by atoms with Gasteiger partial charge in [-0.3, -0.25) is 4.79 Å². The normalized spacial score (nSPS) is 13.9. The van der Waals surface area contributed by atoms with Crippen LogP contribution in [0.4, 0.5) is 0 Å². The molecule has 29 heavy (non-hydrogen) atoms. The first-order valence-corrected chi connectivity index (χ1v) is 9.83. The minimum absolute atomic E-state index is 0.0134. The number of ketones is 1. The predicted octanol–water partition coefficient (Wildman–Crippen LogP) is 5.18. The fraction of sp³-hybridized carbons (Fsp3) is 0.192. The second-order valence-electron chi connectivity index (χ2n) is 7.14. The van der Waals surface area contributed by atoms with Crippen molar-refractivity contribution in [3.63, 3.8) is 0 Å². The molecule has 0 aliphatic heterocycles. The highest BCUT2D eigenvalue weighted by molar-refractivity contribution is 6.10. The number of rotatable bonds is 7. The lowest BCUT2D eigenvalue weighted by Crippen LogP contribution is -2.19. The van der Waals surface area contributed by atoms with Crippen molar-refractivity contribution in [1.29, 1.82) is 0 Å². The molecule has 2 aromatic carbocycles. The Morgan fingerprint density at radius 1 is 0.897 bits per heavy atom. The number of carbonyl (C=O) groups excluding carboxylic acids is 1. The highest BCUT2D eigenvalue weighted by Gasteiger charge is 2.15. The lowest BCUT2D eigenvalue weighted by Gasteiger charge is -2.18. The Labute approximate surface area is 173 Å². The quantitative estimate of drug-likeness (QED) is 0.658. The van der Waals surface area contributed by atoms with E-state index >= 15 is 0 Å². The smallest absolute Gasteiger partial charge is 0.178 e. The third-order valence-electron chi connectivity index (χ3n) is 4.74. The standard InChI is InChI=1S/C26H27NO2/c1-4-25(20-8-6-5-7-9-20)26(21-10-14-23(28)15-11-21)22-12-16-24(17-13-22)29-19-18-27(2)3/h4-17H,18-19H2,1-3H3/b25-4+. The number of benzene rings is 2. The van der Waals surface area contributed by atoms with Crippen LogP contribution in [-0.4, -0.2) is 37.9 Å². The molecule has 148 valence electrons. The summed E-state index contributed by atoms with van der Waals surface area (Å²) in [5.41, 5.74) is 5.47. The molecule has 0 spiro atoms. The third kappa shape index (κ3) is 5.43. The van der Waals surface area contributed by atoms with Crippen LogP contribution in [0.25, 0.3) is 11.1 Å². The highest BCUT2D eigenvalue weighted by Crippen LogP contribution is 2.36. The Morgan fingerprint density at radius 2 is 1.55 bits per heavy atom. The van der Waals surface area contributed by atoms with E-state index < -0.39 is 0 Å². The van der Waals surface area contributed by atoms with Crippen molar-refractivity contribution in [2.24, 2.45) is 0 Å². The lowest BCUT2D eigenvalue weighted by molar-refractivity contribution is -0.110. The molecule has 0 unspecified atom stereocenters. The van der Waals surface area contributed by atoms with E-state index in [2.05, 4.69) is 35.2 Å². The average molecular weight is 386 g/mol. The first-order valence-electron chi connectivity index (χ1n) is 9.83. The van der Waals surface area contributed by atoms with Crippen molar-refractivity contribution in [1.82, 2.24) is 4.90 Å². The van der Waals surface area contributed by atoms with Gasteiger partial charge in [-0.05, 0) is 73.2 Å². The molecule has 0 radical (unpaired) electrons. The largest absolute Gasteiger partial charge is 0.492 e. The van der Waals surface area contributed by atoms with Gasteiger partial charge >= 0.3 is 0 Å². The third-order valence-corrected chi connectivity index (χ3v) is 4.74. The van der Waals surface area contributed by atoms with E-state index in [1.165, 1.54) is 0 Å². The molecular weight excluding hydrogens is 358 g/mol. The van der Waals surface area contributed by atoms with Crippen LogP contribution in [0, 0.1) is 0 Å². The highest BCUT2D eigenvalue weighted by atomic mass is 16.5. The first-order chi connectivity index (χ1) is 14.1. The molecule has 3 nitrogen and oxygen atoms in total. The Kier molecular flexibility index (Phi) is 6.99. The van der Waals surface area contributed by atoms with Gasteiger partial charge in [-0.15, -0.1) is 0 Å². The fourth-order valence-corrected chi connectivity index (χ4v) is 3.24. The van der Waals surface area contributed by atoms with Gasteiger partial charge in [0.25, 0.3) is 0 Å². The Bertz CT molecular complexity index is 944. The Balaban J connectivity index is 1.99. The average Bonchev–Trinajstić information content (AvgIpc) is 2.74. The number of nitrogens with zero attached hydrogens (tertiary/aromatic N) is 1. The van der Waals surface area contributed by atoms with Crippen LogP contribution in [-0.2, 0) is 4.79 Å². The van der Waals surface area contributed by atoms with Crippen LogP contribution in [0.2, 0.25) is 0 Å². The number of hydrogen-bond acceptors (Lipinski definition) is 3. The molecule has 2 aromatic rings. The second kappa shape index (κ2) is 9.85. The summed E-state index contributed by atoms with van der Waals surface area (Å²) >= 11 is 0. The van der Waals surface area contributed by atoms with Gasteiger partial charge in [0.1, 0.15) is 12.4 Å². The summed E-state index contributed by atoms with van der Waals surface area (Å²) in [5, 5.41) is 0. The minimum Gasteiger partial charge on any atom is -0.492 e. The SMILES string of the molecule is C/C=C(/C(=C1C=CC(=O)C=C1)c1ccc(OCCN(C)C)cc1)c1ccccc1. The molecule has 0 atom stereocenters. The van der Waals surface area contributed by atoms with Gasteiger partial charge in [0.2, 0.25) is 0 Å². The number of hydrogen-bond donors (Lipinski definition) is 0. The zero-order valence-corrected chi connectivity index (χ0v) is 17.3. The molecule has 0 heterocycles. The van der Waals surface area contributed by atoms with Gasteiger partial charge in [-0.2, -0.15) is 0 Å². The zero-order valence-electron chi connectivity index (χ0n) is 17.3. The van der Waals surface area contributed by atoms with E-state index in [0.29, 0.717) is 6.61 Å². The molecule has 0 saturated heterocycles. The minimum atomic E-state index is 0.0134. The molecule has 0 fully saturated rings. The van der Waals surface area contributed by atoms with Crippen LogP contribution in [0.15, 0.2) is 90.6 Å². The van der Waals surface area contributed by atoms with E-state index in [1.807, 2.05) is 63.5 Å². The van der Waals surface area contributed by atoms with Gasteiger partial charge in [0.15, 0.2) is 5.78 Å². The number of allylic oxidation sites excluding steroid dienone is 8. The van der Waals surface area contributed by atoms with Crippen LogP contribution in [0.1, 0.15) is 18.1 Å². The molecule has 0 N–H and O–H groups in total. The molecule has 3 rings (SSSR count). The molecule has 0 aromatic heterocycles. The fourth-order valence-electron chi connectivity index (χ4n) is 3.24. The molecule has 1 aliphatic carbocycles. The number of likely N-dealkylation sites (N-methyl/N-ethyl adjacent to an activating group) is 1. The Hall–Kier alpha value is -3.17. The van der Waals surface area contributed by atoms with Gasteiger partial charge < -0.3 is 9.64 Å². The lowest BCUT2D eigenvalue weighted by atomic mass is 9.87. The van der Waals surface area contributed by atoms with Gasteiger partial charge in [-0.25, -0.2) is 0 Å². The maximum atomic E-state index is 11.6. The van der Waals surface area contributed by atoms with Crippen molar-refractivity contribution in [2.45, 2.75) is 6.92 Å². The predicted molar refractivity (Wildman–Crippen MR) is 121 cm³/mol. The zero-order chi connectivity index (χ0) is 20.6. The number of ether oxygens (including phenoxy) is 1. The number of carbonyl (C=O) groups is 1.